The third-order valence-electron chi connectivity index (χ3n) is 3.66. The number of hydrogen-bond donors (Lipinski definition) is 1. The molecule has 1 amide bonds. The molecule has 1 N–H and O–H groups in total. The van der Waals surface area contributed by atoms with Crippen LogP contribution in [0.3, 0.4) is 0 Å². The normalized spacial score (nSPS) is 10.6. The molecule has 7 nitrogen and oxygen atoms in total. The number of benzene rings is 1. The van der Waals surface area contributed by atoms with Gasteiger partial charge in [-0.25, -0.2) is 9.67 Å². The maximum Gasteiger partial charge on any atom is 0.274 e. The number of aryl methyl sites for hydroxylation is 1. The summed E-state index contributed by atoms with van der Waals surface area (Å²) >= 11 is 0. The highest BCUT2D eigenvalue weighted by atomic mass is 16.5. The van der Waals surface area contributed by atoms with Gasteiger partial charge in [0.25, 0.3) is 11.5 Å². The van der Waals surface area contributed by atoms with E-state index in [1.165, 1.54) is 11.8 Å². The lowest BCUT2D eigenvalue weighted by Crippen LogP contribution is -2.27. The molecule has 24 heavy (non-hydrogen) atoms. The van der Waals surface area contributed by atoms with Gasteiger partial charge in [-0.3, -0.25) is 9.59 Å². The van der Waals surface area contributed by atoms with Crippen molar-refractivity contribution < 1.29 is 9.53 Å². The van der Waals surface area contributed by atoms with E-state index in [1.807, 2.05) is 12.1 Å². The zero-order valence-corrected chi connectivity index (χ0v) is 13.3. The monoisotopic (exact) mass is 324 g/mol. The molecule has 122 valence electrons. The molecule has 0 spiro atoms. The number of fused-ring (bicyclic) bond motifs is 1. The Morgan fingerprint density at radius 3 is 2.71 bits per heavy atom. The number of aromatic nitrogens is 3. The van der Waals surface area contributed by atoms with Gasteiger partial charge in [0.05, 0.1) is 24.7 Å². The van der Waals surface area contributed by atoms with Crippen LogP contribution in [-0.2, 0) is 13.6 Å². The van der Waals surface area contributed by atoms with Gasteiger partial charge in [0.1, 0.15) is 5.56 Å². The van der Waals surface area contributed by atoms with Gasteiger partial charge in [0.15, 0.2) is 0 Å². The van der Waals surface area contributed by atoms with Crippen LogP contribution in [0.2, 0.25) is 0 Å². The smallest absolute Gasteiger partial charge is 0.274 e. The van der Waals surface area contributed by atoms with Gasteiger partial charge < -0.3 is 10.1 Å². The molecule has 0 radical (unpaired) electrons. The van der Waals surface area contributed by atoms with Crippen molar-refractivity contribution in [3.05, 3.63) is 64.2 Å². The van der Waals surface area contributed by atoms with Crippen molar-refractivity contribution >= 4 is 16.7 Å². The zero-order chi connectivity index (χ0) is 17.1. The summed E-state index contributed by atoms with van der Waals surface area (Å²) in [6.45, 7) is 0.186. The van der Waals surface area contributed by atoms with Crippen molar-refractivity contribution in [1.82, 2.24) is 20.1 Å². The summed E-state index contributed by atoms with van der Waals surface area (Å²) in [4.78, 5) is 28.5. The Morgan fingerprint density at radius 1 is 1.21 bits per heavy atom. The second kappa shape index (κ2) is 6.49. The van der Waals surface area contributed by atoms with Crippen LogP contribution in [0.5, 0.6) is 5.88 Å². The molecule has 2 heterocycles. The minimum Gasteiger partial charge on any atom is -0.480 e. The van der Waals surface area contributed by atoms with E-state index in [2.05, 4.69) is 15.4 Å². The average molecular weight is 324 g/mol. The van der Waals surface area contributed by atoms with Crippen molar-refractivity contribution in [2.75, 3.05) is 7.11 Å². The number of rotatable bonds is 4. The molecule has 0 atom stereocenters. The molecule has 1 aromatic carbocycles. The molecule has 7 heteroatoms. The SMILES string of the molecule is COc1ncccc1C(=O)NCc1nn(C)c(=O)c2ccccc12. The Balaban J connectivity index is 1.90. The number of pyridine rings is 1. The van der Waals surface area contributed by atoms with Crippen LogP contribution in [0.1, 0.15) is 16.1 Å². The Morgan fingerprint density at radius 2 is 1.96 bits per heavy atom. The lowest BCUT2D eigenvalue weighted by Gasteiger charge is -2.10. The predicted molar refractivity (Wildman–Crippen MR) is 88.9 cm³/mol. The van der Waals surface area contributed by atoms with Gasteiger partial charge >= 0.3 is 0 Å². The maximum atomic E-state index is 12.4. The summed E-state index contributed by atoms with van der Waals surface area (Å²) in [5.41, 5.74) is 0.785. The molecule has 0 aliphatic rings. The molecule has 3 aromatic rings. The van der Waals surface area contributed by atoms with E-state index in [0.717, 1.165) is 5.39 Å². The second-order valence-corrected chi connectivity index (χ2v) is 5.16. The first-order valence-corrected chi connectivity index (χ1v) is 7.34. The van der Waals surface area contributed by atoms with Gasteiger partial charge in [-0.2, -0.15) is 5.10 Å². The highest BCUT2D eigenvalue weighted by molar-refractivity contribution is 5.96. The van der Waals surface area contributed by atoms with Gasteiger partial charge in [-0.1, -0.05) is 18.2 Å². The van der Waals surface area contributed by atoms with Crippen molar-refractivity contribution in [3.63, 3.8) is 0 Å². The fourth-order valence-electron chi connectivity index (χ4n) is 2.49. The first-order valence-electron chi connectivity index (χ1n) is 7.34. The molecular formula is C17H16N4O3. The van der Waals surface area contributed by atoms with Crippen LogP contribution < -0.4 is 15.6 Å². The molecule has 0 saturated carbocycles. The topological polar surface area (TPSA) is 86.1 Å². The molecule has 0 aliphatic carbocycles. The molecule has 0 unspecified atom stereocenters. The minimum absolute atomic E-state index is 0.172. The number of nitrogens with one attached hydrogen (secondary N) is 1. The van der Waals surface area contributed by atoms with Gasteiger partial charge in [0, 0.05) is 18.6 Å². The van der Waals surface area contributed by atoms with E-state index in [4.69, 9.17) is 4.74 Å². The van der Waals surface area contributed by atoms with E-state index in [0.29, 0.717) is 16.6 Å². The molecular weight excluding hydrogens is 308 g/mol. The van der Waals surface area contributed by atoms with E-state index >= 15 is 0 Å². The quantitative estimate of drug-likeness (QED) is 0.781. The number of carbonyl (C=O) groups excluding carboxylic acids is 1. The van der Waals surface area contributed by atoms with Crippen molar-refractivity contribution in [2.45, 2.75) is 6.54 Å². The van der Waals surface area contributed by atoms with Crippen LogP contribution in [0.4, 0.5) is 0 Å². The van der Waals surface area contributed by atoms with Gasteiger partial charge in [-0.15, -0.1) is 0 Å². The van der Waals surface area contributed by atoms with Crippen LogP contribution in [-0.4, -0.2) is 27.8 Å². The fraction of sp³-hybridized carbons (Fsp3) is 0.176. The van der Waals surface area contributed by atoms with Crippen molar-refractivity contribution in [2.24, 2.45) is 7.05 Å². The number of ether oxygens (including phenoxy) is 1. The number of hydrogen-bond acceptors (Lipinski definition) is 5. The Labute approximate surface area is 137 Å². The summed E-state index contributed by atoms with van der Waals surface area (Å²) in [7, 11) is 3.05. The molecule has 2 aromatic heterocycles. The summed E-state index contributed by atoms with van der Waals surface area (Å²) in [5, 5.41) is 8.33. The number of carbonyl (C=O) groups is 1. The first kappa shape index (κ1) is 15.7. The Hall–Kier alpha value is -3.22. The highest BCUT2D eigenvalue weighted by Gasteiger charge is 2.14. The van der Waals surface area contributed by atoms with Crippen molar-refractivity contribution in [3.8, 4) is 5.88 Å². The third kappa shape index (κ3) is 2.83. The lowest BCUT2D eigenvalue weighted by atomic mass is 10.1. The van der Waals surface area contributed by atoms with E-state index < -0.39 is 0 Å². The maximum absolute atomic E-state index is 12.4. The van der Waals surface area contributed by atoms with Crippen LogP contribution in [0.15, 0.2) is 47.4 Å². The fourth-order valence-corrected chi connectivity index (χ4v) is 2.49. The summed E-state index contributed by atoms with van der Waals surface area (Å²) in [5.74, 6) is -0.0621. The van der Waals surface area contributed by atoms with E-state index in [-0.39, 0.29) is 23.9 Å². The number of amides is 1. The molecule has 0 bridgehead atoms. The number of nitrogens with zero attached hydrogens (tertiary/aromatic N) is 3. The van der Waals surface area contributed by atoms with Gasteiger partial charge in [-0.05, 0) is 18.2 Å². The summed E-state index contributed by atoms with van der Waals surface area (Å²) in [6, 6.07) is 10.5. The van der Waals surface area contributed by atoms with Gasteiger partial charge in [0.2, 0.25) is 5.88 Å². The van der Waals surface area contributed by atoms with Crippen LogP contribution in [0.25, 0.3) is 10.8 Å². The lowest BCUT2D eigenvalue weighted by molar-refractivity contribution is 0.0946. The van der Waals surface area contributed by atoms with E-state index in [1.54, 1.807) is 37.5 Å². The van der Waals surface area contributed by atoms with E-state index in [9.17, 15) is 9.59 Å². The first-order chi connectivity index (χ1) is 11.6. The van der Waals surface area contributed by atoms with Crippen molar-refractivity contribution in [1.29, 1.82) is 0 Å². The molecule has 0 fully saturated rings. The predicted octanol–water partition coefficient (Wildman–Crippen LogP) is 1.27. The second-order valence-electron chi connectivity index (χ2n) is 5.16. The standard InChI is InChI=1S/C17H16N4O3/c1-21-17(23)12-7-4-3-6-11(12)14(20-21)10-19-15(22)13-8-5-9-18-16(13)24-2/h3-9H,10H2,1-2H3,(H,19,22). The Bertz CT molecular complexity index is 965. The highest BCUT2D eigenvalue weighted by Crippen LogP contribution is 2.15. The van der Waals surface area contributed by atoms with Crippen LogP contribution in [0, 0.1) is 0 Å². The zero-order valence-electron chi connectivity index (χ0n) is 13.3. The Kier molecular flexibility index (Phi) is 4.24. The van der Waals surface area contributed by atoms with Crippen LogP contribution >= 0.6 is 0 Å². The summed E-state index contributed by atoms with van der Waals surface area (Å²) < 4.78 is 6.36. The minimum atomic E-state index is -0.320. The molecule has 0 saturated heterocycles. The number of methoxy groups -OCH3 is 1. The molecule has 3 rings (SSSR count). The molecule has 0 aliphatic heterocycles. The third-order valence-corrected chi connectivity index (χ3v) is 3.66. The largest absolute Gasteiger partial charge is 0.480 e. The summed E-state index contributed by atoms with van der Waals surface area (Å²) in [6.07, 6.45) is 1.55. The average Bonchev–Trinajstić information content (AvgIpc) is 2.63.